The first-order valence-electron chi connectivity index (χ1n) is 8.90. The van der Waals surface area contributed by atoms with Crippen LogP contribution in [0.25, 0.3) is 0 Å². The van der Waals surface area contributed by atoms with Gasteiger partial charge >= 0.3 is 6.03 Å². The predicted octanol–water partition coefficient (Wildman–Crippen LogP) is 2.41. The smallest absolute Gasteiger partial charge is 0.315 e. The molecule has 1 aliphatic heterocycles. The second-order valence-corrected chi connectivity index (χ2v) is 7.22. The van der Waals surface area contributed by atoms with E-state index in [1.54, 1.807) is 0 Å². The number of hydrogen-bond donors (Lipinski definition) is 3. The number of aryl methyl sites for hydroxylation is 2. The van der Waals surface area contributed by atoms with Crippen molar-refractivity contribution in [3.05, 3.63) is 23.7 Å². The first-order chi connectivity index (χ1) is 11.5. The standard InChI is InChI=1S/C18H27N3O3/c1-12(4-6-14-7-5-13(2)24-14)19-17(23)20-15-8-9-16(22)21-18(15)10-3-11-18/h5,7,12,15H,3-4,6,8-11H2,1-2H3,(H,21,22)(H2,19,20,23)/t12-,15-/m0/s1. The molecule has 132 valence electrons. The number of amides is 3. The van der Waals surface area contributed by atoms with Gasteiger partial charge in [-0.05, 0) is 58.1 Å². The number of nitrogens with one attached hydrogen (secondary N) is 3. The Morgan fingerprint density at radius 2 is 2.25 bits per heavy atom. The molecule has 0 aromatic carbocycles. The lowest BCUT2D eigenvalue weighted by molar-refractivity contribution is -0.127. The lowest BCUT2D eigenvalue weighted by Crippen LogP contribution is -2.69. The summed E-state index contributed by atoms with van der Waals surface area (Å²) < 4.78 is 5.55. The van der Waals surface area contributed by atoms with Crippen LogP contribution in [-0.2, 0) is 11.2 Å². The van der Waals surface area contributed by atoms with E-state index in [9.17, 15) is 9.59 Å². The van der Waals surface area contributed by atoms with Crippen molar-refractivity contribution in [3.63, 3.8) is 0 Å². The summed E-state index contributed by atoms with van der Waals surface area (Å²) in [7, 11) is 0. The fourth-order valence-corrected chi connectivity index (χ4v) is 3.69. The maximum absolute atomic E-state index is 12.3. The molecule has 2 fully saturated rings. The second kappa shape index (κ2) is 6.87. The largest absolute Gasteiger partial charge is 0.466 e. The average molecular weight is 333 g/mol. The van der Waals surface area contributed by atoms with E-state index in [2.05, 4.69) is 16.0 Å². The SMILES string of the molecule is Cc1ccc(CC[C@H](C)NC(=O)N[C@H]2CCC(=O)NC23CCC3)o1. The van der Waals surface area contributed by atoms with Crippen LogP contribution in [0, 0.1) is 6.92 Å². The van der Waals surface area contributed by atoms with Crippen LogP contribution in [0.5, 0.6) is 0 Å². The van der Waals surface area contributed by atoms with Crippen LogP contribution in [0.2, 0.25) is 0 Å². The van der Waals surface area contributed by atoms with Gasteiger partial charge in [0.2, 0.25) is 5.91 Å². The van der Waals surface area contributed by atoms with Gasteiger partial charge in [-0.25, -0.2) is 4.79 Å². The molecule has 0 unspecified atom stereocenters. The van der Waals surface area contributed by atoms with Gasteiger partial charge in [0.25, 0.3) is 0 Å². The first kappa shape index (κ1) is 16.9. The van der Waals surface area contributed by atoms with Gasteiger partial charge in [0.1, 0.15) is 11.5 Å². The molecular formula is C18H27N3O3. The number of hydrogen-bond acceptors (Lipinski definition) is 3. The minimum atomic E-state index is -0.207. The molecule has 3 rings (SSSR count). The Bertz CT molecular complexity index is 606. The Kier molecular flexibility index (Phi) is 4.83. The summed E-state index contributed by atoms with van der Waals surface area (Å²) >= 11 is 0. The fourth-order valence-electron chi connectivity index (χ4n) is 3.69. The number of rotatable bonds is 5. The number of piperidine rings is 1. The van der Waals surface area contributed by atoms with Crippen molar-refractivity contribution in [2.24, 2.45) is 0 Å². The number of carbonyl (C=O) groups excluding carboxylic acids is 2. The van der Waals surface area contributed by atoms with E-state index in [1.165, 1.54) is 0 Å². The minimum absolute atomic E-state index is 0.0314. The van der Waals surface area contributed by atoms with Crippen LogP contribution >= 0.6 is 0 Å². The summed E-state index contributed by atoms with van der Waals surface area (Å²) in [5, 5.41) is 9.17. The van der Waals surface area contributed by atoms with Crippen LogP contribution in [0.4, 0.5) is 4.79 Å². The minimum Gasteiger partial charge on any atom is -0.466 e. The number of carbonyl (C=O) groups is 2. The molecule has 0 bridgehead atoms. The third-order valence-electron chi connectivity index (χ3n) is 5.26. The predicted molar refractivity (Wildman–Crippen MR) is 90.6 cm³/mol. The highest BCUT2D eigenvalue weighted by molar-refractivity contribution is 5.80. The van der Waals surface area contributed by atoms with Gasteiger partial charge in [-0.15, -0.1) is 0 Å². The number of furan rings is 1. The van der Waals surface area contributed by atoms with Gasteiger partial charge in [-0.3, -0.25) is 4.79 Å². The molecule has 0 radical (unpaired) electrons. The van der Waals surface area contributed by atoms with E-state index in [0.717, 1.165) is 50.0 Å². The highest BCUT2D eigenvalue weighted by Crippen LogP contribution is 2.38. The highest BCUT2D eigenvalue weighted by atomic mass is 16.3. The van der Waals surface area contributed by atoms with Gasteiger partial charge in [-0.1, -0.05) is 0 Å². The Labute approximate surface area is 142 Å². The van der Waals surface area contributed by atoms with E-state index in [4.69, 9.17) is 4.42 Å². The molecule has 2 atom stereocenters. The second-order valence-electron chi connectivity index (χ2n) is 7.22. The van der Waals surface area contributed by atoms with E-state index in [1.807, 2.05) is 26.0 Å². The van der Waals surface area contributed by atoms with Crippen LogP contribution in [0.1, 0.15) is 57.0 Å². The van der Waals surface area contributed by atoms with Crippen molar-refractivity contribution in [2.75, 3.05) is 0 Å². The molecule has 1 aliphatic carbocycles. The van der Waals surface area contributed by atoms with Gasteiger partial charge in [0.05, 0.1) is 11.6 Å². The fraction of sp³-hybridized carbons (Fsp3) is 0.667. The molecule has 1 saturated heterocycles. The summed E-state index contributed by atoms with van der Waals surface area (Å²) in [5.74, 6) is 1.97. The van der Waals surface area contributed by atoms with Crippen molar-refractivity contribution in [2.45, 2.75) is 76.4 Å². The zero-order valence-electron chi connectivity index (χ0n) is 14.5. The molecule has 1 aromatic rings. The molecule has 2 heterocycles. The zero-order chi connectivity index (χ0) is 17.2. The lowest BCUT2D eigenvalue weighted by atomic mass is 9.68. The Morgan fingerprint density at radius 3 is 2.88 bits per heavy atom. The molecular weight excluding hydrogens is 306 g/mol. The third-order valence-corrected chi connectivity index (χ3v) is 5.26. The molecule has 3 amide bonds. The van der Waals surface area contributed by atoms with Crippen molar-refractivity contribution in [1.29, 1.82) is 0 Å². The summed E-state index contributed by atoms with van der Waals surface area (Å²) in [6.07, 6.45) is 5.86. The van der Waals surface area contributed by atoms with Gasteiger partial charge in [0.15, 0.2) is 0 Å². The monoisotopic (exact) mass is 333 g/mol. The Morgan fingerprint density at radius 1 is 1.46 bits per heavy atom. The maximum Gasteiger partial charge on any atom is 0.315 e. The number of urea groups is 1. The maximum atomic E-state index is 12.3. The van der Waals surface area contributed by atoms with Crippen LogP contribution in [-0.4, -0.2) is 29.6 Å². The lowest BCUT2D eigenvalue weighted by Gasteiger charge is -2.50. The Hall–Kier alpha value is -1.98. The van der Waals surface area contributed by atoms with Crippen LogP contribution < -0.4 is 16.0 Å². The molecule has 2 aliphatic rings. The van der Waals surface area contributed by atoms with Gasteiger partial charge < -0.3 is 20.4 Å². The van der Waals surface area contributed by atoms with Crippen LogP contribution in [0.3, 0.4) is 0 Å². The van der Waals surface area contributed by atoms with Crippen molar-refractivity contribution in [3.8, 4) is 0 Å². The molecule has 6 heteroatoms. The molecule has 6 nitrogen and oxygen atoms in total. The molecule has 1 saturated carbocycles. The van der Waals surface area contributed by atoms with Crippen molar-refractivity contribution < 1.29 is 14.0 Å². The van der Waals surface area contributed by atoms with Gasteiger partial charge in [0, 0.05) is 18.9 Å². The molecule has 3 N–H and O–H groups in total. The Balaban J connectivity index is 1.45. The summed E-state index contributed by atoms with van der Waals surface area (Å²) in [5.41, 5.74) is -0.207. The van der Waals surface area contributed by atoms with E-state index in [-0.39, 0.29) is 29.6 Å². The van der Waals surface area contributed by atoms with E-state index in [0.29, 0.717) is 6.42 Å². The topological polar surface area (TPSA) is 83.4 Å². The molecule has 24 heavy (non-hydrogen) atoms. The first-order valence-corrected chi connectivity index (χ1v) is 8.90. The van der Waals surface area contributed by atoms with Crippen molar-refractivity contribution >= 4 is 11.9 Å². The van der Waals surface area contributed by atoms with Crippen molar-refractivity contribution in [1.82, 2.24) is 16.0 Å². The van der Waals surface area contributed by atoms with E-state index >= 15 is 0 Å². The molecule has 1 spiro atoms. The summed E-state index contributed by atoms with van der Waals surface area (Å²) in [6.45, 7) is 3.93. The van der Waals surface area contributed by atoms with Gasteiger partial charge in [-0.2, -0.15) is 0 Å². The average Bonchev–Trinajstić information content (AvgIpc) is 2.91. The van der Waals surface area contributed by atoms with Crippen LogP contribution in [0.15, 0.2) is 16.5 Å². The summed E-state index contributed by atoms with van der Waals surface area (Å²) in [4.78, 5) is 23.9. The third kappa shape index (κ3) is 3.74. The summed E-state index contributed by atoms with van der Waals surface area (Å²) in [6, 6.07) is 3.88. The van der Waals surface area contributed by atoms with E-state index < -0.39 is 0 Å². The quantitative estimate of drug-likeness (QED) is 0.774. The molecule has 1 aromatic heterocycles. The normalized spacial score (nSPS) is 23.2. The highest BCUT2D eigenvalue weighted by Gasteiger charge is 2.48. The zero-order valence-corrected chi connectivity index (χ0v) is 14.5.